The highest BCUT2D eigenvalue weighted by Gasteiger charge is 2.28. The van der Waals surface area contributed by atoms with Crippen molar-refractivity contribution in [3.8, 4) is 0 Å². The maximum atomic E-state index is 12.7. The van der Waals surface area contributed by atoms with Crippen molar-refractivity contribution >= 4 is 23.2 Å². The van der Waals surface area contributed by atoms with E-state index in [1.54, 1.807) is 0 Å². The topological polar surface area (TPSA) is 41.9 Å². The van der Waals surface area contributed by atoms with Gasteiger partial charge in [0.2, 0.25) is 5.91 Å². The van der Waals surface area contributed by atoms with Crippen LogP contribution in [0.15, 0.2) is 53.7 Å². The molecule has 1 heterocycles. The molecular weight excluding hydrogens is 360 g/mol. The number of hydrogen-bond acceptors (Lipinski definition) is 3. The number of carbonyl (C=O) groups excluding carboxylic acids is 1. The molecule has 0 radical (unpaired) electrons. The second-order valence-corrected chi connectivity index (χ2v) is 7.71. The van der Waals surface area contributed by atoms with Crippen LogP contribution < -0.4 is 0 Å². The molecule has 1 amide bonds. The summed E-state index contributed by atoms with van der Waals surface area (Å²) < 4.78 is 0. The van der Waals surface area contributed by atoms with Gasteiger partial charge in [-0.2, -0.15) is 0 Å². The summed E-state index contributed by atoms with van der Waals surface area (Å²) in [6, 6.07) is 15.9. The minimum atomic E-state index is -0.147. The molecule has 1 atom stereocenters. The van der Waals surface area contributed by atoms with E-state index >= 15 is 0 Å². The van der Waals surface area contributed by atoms with Crippen LogP contribution in [0.5, 0.6) is 0 Å². The molecule has 1 unspecified atom stereocenters. The van der Waals surface area contributed by atoms with E-state index in [0.29, 0.717) is 24.5 Å². The molecule has 142 valence electrons. The molecule has 0 aliphatic carbocycles. The number of amides is 1. The Morgan fingerprint density at radius 3 is 2.59 bits per heavy atom. The molecule has 5 heteroatoms. The van der Waals surface area contributed by atoms with Crippen molar-refractivity contribution in [1.29, 1.82) is 0 Å². The van der Waals surface area contributed by atoms with Crippen LogP contribution in [0.2, 0.25) is 5.02 Å². The van der Waals surface area contributed by atoms with Crippen molar-refractivity contribution < 1.29 is 9.63 Å². The lowest BCUT2D eigenvalue weighted by Gasteiger charge is -2.27. The Morgan fingerprint density at radius 1 is 1.22 bits per heavy atom. The first-order chi connectivity index (χ1) is 12.9. The third-order valence-corrected chi connectivity index (χ3v) is 5.04. The molecule has 0 saturated carbocycles. The van der Waals surface area contributed by atoms with Gasteiger partial charge < -0.3 is 9.74 Å². The summed E-state index contributed by atoms with van der Waals surface area (Å²) in [7, 11) is 0. The van der Waals surface area contributed by atoms with Crippen LogP contribution in [0, 0.1) is 12.8 Å². The Bertz CT molecular complexity index is 830. The summed E-state index contributed by atoms with van der Waals surface area (Å²) >= 11 is 6.29. The molecule has 4 nitrogen and oxygen atoms in total. The molecule has 1 aliphatic rings. The molecule has 3 rings (SSSR count). The highest BCUT2D eigenvalue weighted by Crippen LogP contribution is 2.22. The van der Waals surface area contributed by atoms with Gasteiger partial charge in [0.05, 0.1) is 12.3 Å². The van der Waals surface area contributed by atoms with Gasteiger partial charge in [0.15, 0.2) is 6.10 Å². The molecule has 0 aromatic heterocycles. The molecule has 0 bridgehead atoms. The van der Waals surface area contributed by atoms with Crippen molar-refractivity contribution in [2.24, 2.45) is 11.1 Å². The van der Waals surface area contributed by atoms with E-state index in [2.05, 4.69) is 36.3 Å². The summed E-state index contributed by atoms with van der Waals surface area (Å²) in [6.07, 6.45) is 0.541. The zero-order chi connectivity index (χ0) is 19.4. The van der Waals surface area contributed by atoms with Crippen LogP contribution in [-0.2, 0) is 16.2 Å². The highest BCUT2D eigenvalue weighted by molar-refractivity contribution is 6.31. The van der Waals surface area contributed by atoms with Crippen LogP contribution in [-0.4, -0.2) is 29.2 Å². The van der Waals surface area contributed by atoms with E-state index in [-0.39, 0.29) is 17.9 Å². The number of aryl methyl sites for hydroxylation is 1. The molecule has 2 aromatic carbocycles. The van der Waals surface area contributed by atoms with Crippen LogP contribution in [0.3, 0.4) is 0 Å². The first-order valence-corrected chi connectivity index (χ1v) is 9.63. The van der Waals surface area contributed by atoms with Gasteiger partial charge in [0, 0.05) is 23.9 Å². The van der Waals surface area contributed by atoms with Gasteiger partial charge in [-0.15, -0.1) is 0 Å². The smallest absolute Gasteiger partial charge is 0.225 e. The molecule has 2 aromatic rings. The Labute approximate surface area is 165 Å². The molecule has 0 fully saturated rings. The van der Waals surface area contributed by atoms with Gasteiger partial charge >= 0.3 is 0 Å². The maximum Gasteiger partial charge on any atom is 0.225 e. The summed E-state index contributed by atoms with van der Waals surface area (Å²) in [5.41, 5.74) is 4.14. The second kappa shape index (κ2) is 8.57. The number of hydrogen-bond donors (Lipinski definition) is 0. The van der Waals surface area contributed by atoms with Crippen molar-refractivity contribution in [2.45, 2.75) is 39.8 Å². The second-order valence-electron chi connectivity index (χ2n) is 7.30. The van der Waals surface area contributed by atoms with E-state index in [1.165, 1.54) is 5.56 Å². The maximum absolute atomic E-state index is 12.7. The van der Waals surface area contributed by atoms with E-state index in [9.17, 15) is 4.79 Å². The van der Waals surface area contributed by atoms with Crippen molar-refractivity contribution in [2.75, 3.05) is 6.54 Å². The summed E-state index contributed by atoms with van der Waals surface area (Å²) in [4.78, 5) is 20.2. The fourth-order valence-electron chi connectivity index (χ4n) is 3.12. The molecule has 0 N–H and O–H groups in total. The normalized spacial score (nSPS) is 16.2. The Kier molecular flexibility index (Phi) is 6.17. The number of carbonyl (C=O) groups is 1. The van der Waals surface area contributed by atoms with Crippen LogP contribution in [0.1, 0.15) is 37.0 Å². The number of rotatable bonds is 6. The number of nitrogens with zero attached hydrogens (tertiary/aromatic N) is 2. The Balaban J connectivity index is 1.69. The number of halogens is 1. The lowest BCUT2D eigenvalue weighted by Crippen LogP contribution is -2.39. The van der Waals surface area contributed by atoms with Crippen molar-refractivity contribution in [1.82, 2.24) is 4.90 Å². The molecule has 0 spiro atoms. The first kappa shape index (κ1) is 19.4. The molecule has 1 aliphatic heterocycles. The fraction of sp³-hybridized carbons (Fsp3) is 0.364. The molecular formula is C22H25ClN2O2. The average molecular weight is 385 g/mol. The van der Waals surface area contributed by atoms with Crippen LogP contribution in [0.4, 0.5) is 0 Å². The van der Waals surface area contributed by atoms with Gasteiger partial charge in [0.1, 0.15) is 0 Å². The minimum absolute atomic E-state index is 0.0855. The standard InChI is InChI=1S/C22H25ClN2O2/c1-15(2)22(26)25(13-18-6-4-5-7-20(18)23)14-19-12-21(24-27-19)17-10-8-16(3)9-11-17/h4-11,15,19H,12-14H2,1-3H3. The summed E-state index contributed by atoms with van der Waals surface area (Å²) in [5, 5.41) is 4.92. The summed E-state index contributed by atoms with van der Waals surface area (Å²) in [5.74, 6) is -0.00585. The van der Waals surface area contributed by atoms with E-state index in [4.69, 9.17) is 16.4 Å². The summed E-state index contributed by atoms with van der Waals surface area (Å²) in [6.45, 7) is 6.83. The van der Waals surface area contributed by atoms with Crippen LogP contribution in [0.25, 0.3) is 0 Å². The van der Waals surface area contributed by atoms with Crippen molar-refractivity contribution in [3.05, 3.63) is 70.2 Å². The van der Waals surface area contributed by atoms with Crippen LogP contribution >= 0.6 is 11.6 Å². The number of benzene rings is 2. The monoisotopic (exact) mass is 384 g/mol. The Morgan fingerprint density at radius 2 is 1.93 bits per heavy atom. The predicted octanol–water partition coefficient (Wildman–Crippen LogP) is 4.83. The SMILES string of the molecule is Cc1ccc(C2=NOC(CN(Cc3ccccc3Cl)C(=O)C(C)C)C2)cc1. The third kappa shape index (κ3) is 4.89. The van der Waals surface area contributed by atoms with Gasteiger partial charge in [-0.05, 0) is 24.1 Å². The van der Waals surface area contributed by atoms with Gasteiger partial charge in [0.25, 0.3) is 0 Å². The van der Waals surface area contributed by atoms with E-state index in [1.807, 2.05) is 43.0 Å². The van der Waals surface area contributed by atoms with Crippen molar-refractivity contribution in [3.63, 3.8) is 0 Å². The van der Waals surface area contributed by atoms with Gasteiger partial charge in [-0.3, -0.25) is 4.79 Å². The third-order valence-electron chi connectivity index (χ3n) is 4.67. The largest absolute Gasteiger partial charge is 0.390 e. The number of oxime groups is 1. The van der Waals surface area contributed by atoms with E-state index < -0.39 is 0 Å². The van der Waals surface area contributed by atoms with Gasteiger partial charge in [-0.1, -0.05) is 78.6 Å². The van der Waals surface area contributed by atoms with E-state index in [0.717, 1.165) is 16.8 Å². The zero-order valence-corrected chi connectivity index (χ0v) is 16.7. The predicted molar refractivity (Wildman–Crippen MR) is 109 cm³/mol. The molecule has 0 saturated heterocycles. The fourth-order valence-corrected chi connectivity index (χ4v) is 3.31. The lowest BCUT2D eigenvalue weighted by molar-refractivity contribution is -0.136. The highest BCUT2D eigenvalue weighted by atomic mass is 35.5. The first-order valence-electron chi connectivity index (χ1n) is 9.26. The average Bonchev–Trinajstić information content (AvgIpc) is 3.11. The molecule has 27 heavy (non-hydrogen) atoms. The minimum Gasteiger partial charge on any atom is -0.390 e. The zero-order valence-electron chi connectivity index (χ0n) is 16.0. The van der Waals surface area contributed by atoms with Gasteiger partial charge in [-0.25, -0.2) is 0 Å². The Hall–Kier alpha value is -2.33. The quantitative estimate of drug-likeness (QED) is 0.716. The lowest BCUT2D eigenvalue weighted by atomic mass is 10.0.